The van der Waals surface area contributed by atoms with Gasteiger partial charge < -0.3 is 15.3 Å². The Balaban J connectivity index is 2.02. The van der Waals surface area contributed by atoms with E-state index in [2.05, 4.69) is 21.2 Å². The molecule has 1 heterocycles. The summed E-state index contributed by atoms with van der Waals surface area (Å²) in [6.45, 7) is 0.668. The summed E-state index contributed by atoms with van der Waals surface area (Å²) >= 11 is 9.32. The first kappa shape index (κ1) is 14.1. The molecule has 0 aromatic heterocycles. The zero-order valence-electron chi connectivity index (χ0n) is 9.90. The van der Waals surface area contributed by atoms with Gasteiger partial charge in [-0.05, 0) is 34.5 Å². The van der Waals surface area contributed by atoms with Gasteiger partial charge in [-0.1, -0.05) is 17.7 Å². The van der Waals surface area contributed by atoms with Crippen molar-refractivity contribution in [3.63, 3.8) is 0 Å². The van der Waals surface area contributed by atoms with Gasteiger partial charge in [0.15, 0.2) is 0 Å². The smallest absolute Gasteiger partial charge is 0.321 e. The van der Waals surface area contributed by atoms with Gasteiger partial charge in [-0.2, -0.15) is 0 Å². The molecular formula is C12H12BrClN2O3. The maximum atomic E-state index is 12.0. The second-order valence-corrected chi connectivity index (χ2v) is 5.53. The summed E-state index contributed by atoms with van der Waals surface area (Å²) in [5.41, 5.74) is 0.500. The third kappa shape index (κ3) is 3.19. The molecule has 1 fully saturated rings. The van der Waals surface area contributed by atoms with Crippen molar-refractivity contribution in [3.05, 3.63) is 27.7 Å². The van der Waals surface area contributed by atoms with Gasteiger partial charge in [-0.15, -0.1) is 0 Å². The molecule has 1 unspecified atom stereocenters. The Morgan fingerprint density at radius 2 is 2.21 bits per heavy atom. The second kappa shape index (κ2) is 5.79. The number of aliphatic carboxylic acids is 1. The van der Waals surface area contributed by atoms with Crippen molar-refractivity contribution in [2.75, 3.05) is 18.4 Å². The standard InChI is InChI=1S/C12H12BrClN2O3/c13-8-2-1-3-9(10(8)14)15-12(19)16-5-4-7(6-16)11(17)18/h1-3,7H,4-6H2,(H,15,19)(H,17,18). The molecule has 5 nitrogen and oxygen atoms in total. The van der Waals surface area contributed by atoms with Crippen LogP contribution >= 0.6 is 27.5 Å². The fourth-order valence-electron chi connectivity index (χ4n) is 1.94. The largest absolute Gasteiger partial charge is 0.481 e. The number of anilines is 1. The van der Waals surface area contributed by atoms with E-state index in [4.69, 9.17) is 16.7 Å². The highest BCUT2D eigenvalue weighted by molar-refractivity contribution is 9.10. The summed E-state index contributed by atoms with van der Waals surface area (Å²) in [6, 6.07) is 4.89. The number of nitrogens with one attached hydrogen (secondary N) is 1. The van der Waals surface area contributed by atoms with Crippen LogP contribution in [0.5, 0.6) is 0 Å². The van der Waals surface area contributed by atoms with Gasteiger partial charge in [0, 0.05) is 17.6 Å². The molecule has 2 amide bonds. The molecule has 0 aliphatic carbocycles. The Morgan fingerprint density at radius 3 is 2.84 bits per heavy atom. The number of hydrogen-bond donors (Lipinski definition) is 2. The minimum Gasteiger partial charge on any atom is -0.481 e. The average Bonchev–Trinajstić information content (AvgIpc) is 2.84. The van der Waals surface area contributed by atoms with Crippen molar-refractivity contribution in [3.8, 4) is 0 Å². The fraction of sp³-hybridized carbons (Fsp3) is 0.333. The zero-order valence-corrected chi connectivity index (χ0v) is 12.2. The van der Waals surface area contributed by atoms with Crippen molar-refractivity contribution in [2.24, 2.45) is 5.92 Å². The molecule has 0 spiro atoms. The van der Waals surface area contributed by atoms with Crippen LogP contribution in [0.15, 0.2) is 22.7 Å². The molecular weight excluding hydrogens is 336 g/mol. The highest BCUT2D eigenvalue weighted by Crippen LogP contribution is 2.30. The number of carbonyl (C=O) groups excluding carboxylic acids is 1. The van der Waals surface area contributed by atoms with Crippen molar-refractivity contribution in [2.45, 2.75) is 6.42 Å². The third-order valence-electron chi connectivity index (χ3n) is 3.02. The number of hydrogen-bond acceptors (Lipinski definition) is 2. The van der Waals surface area contributed by atoms with Crippen molar-refractivity contribution < 1.29 is 14.7 Å². The number of urea groups is 1. The molecule has 7 heteroatoms. The molecule has 0 saturated carbocycles. The highest BCUT2D eigenvalue weighted by Gasteiger charge is 2.31. The van der Waals surface area contributed by atoms with E-state index >= 15 is 0 Å². The maximum Gasteiger partial charge on any atom is 0.321 e. The molecule has 1 aromatic carbocycles. The number of nitrogens with zero attached hydrogens (tertiary/aromatic N) is 1. The van der Waals surface area contributed by atoms with E-state index in [-0.39, 0.29) is 12.6 Å². The highest BCUT2D eigenvalue weighted by atomic mass is 79.9. The van der Waals surface area contributed by atoms with Crippen LogP contribution in [0, 0.1) is 5.92 Å². The van der Waals surface area contributed by atoms with Gasteiger partial charge in [0.2, 0.25) is 0 Å². The van der Waals surface area contributed by atoms with Gasteiger partial charge in [0.25, 0.3) is 0 Å². The van der Waals surface area contributed by atoms with E-state index in [1.54, 1.807) is 18.2 Å². The maximum absolute atomic E-state index is 12.0. The fourth-order valence-corrected chi connectivity index (χ4v) is 2.48. The Hall–Kier alpha value is -1.27. The van der Waals surface area contributed by atoms with Crippen molar-refractivity contribution in [1.29, 1.82) is 0 Å². The normalized spacial score (nSPS) is 18.4. The van der Waals surface area contributed by atoms with Gasteiger partial charge in [-0.25, -0.2) is 4.79 Å². The molecule has 0 bridgehead atoms. The van der Waals surface area contributed by atoms with Crippen LogP contribution in [0.2, 0.25) is 5.02 Å². The number of carbonyl (C=O) groups is 2. The third-order valence-corrected chi connectivity index (χ3v) is 4.31. The van der Waals surface area contributed by atoms with E-state index in [0.717, 1.165) is 0 Å². The molecule has 2 N–H and O–H groups in total. The monoisotopic (exact) mass is 346 g/mol. The van der Waals surface area contributed by atoms with E-state index in [0.29, 0.717) is 28.1 Å². The molecule has 2 rings (SSSR count). The van der Waals surface area contributed by atoms with Crippen molar-refractivity contribution >= 4 is 45.2 Å². The van der Waals surface area contributed by atoms with Gasteiger partial charge in [0.1, 0.15) is 0 Å². The first-order valence-electron chi connectivity index (χ1n) is 5.72. The van der Waals surface area contributed by atoms with E-state index in [9.17, 15) is 9.59 Å². The van der Waals surface area contributed by atoms with Gasteiger partial charge in [0.05, 0.1) is 16.6 Å². The molecule has 1 saturated heterocycles. The Kier molecular flexibility index (Phi) is 4.31. The van der Waals surface area contributed by atoms with Crippen LogP contribution in [0.3, 0.4) is 0 Å². The van der Waals surface area contributed by atoms with Crippen molar-refractivity contribution in [1.82, 2.24) is 4.90 Å². The lowest BCUT2D eigenvalue weighted by Crippen LogP contribution is -2.33. The Morgan fingerprint density at radius 1 is 1.47 bits per heavy atom. The lowest BCUT2D eigenvalue weighted by molar-refractivity contribution is -0.141. The van der Waals surface area contributed by atoms with E-state index in [1.165, 1.54) is 4.90 Å². The summed E-state index contributed by atoms with van der Waals surface area (Å²) in [7, 11) is 0. The summed E-state index contributed by atoms with van der Waals surface area (Å²) < 4.78 is 0.691. The van der Waals surface area contributed by atoms with Crippen LogP contribution in [0.25, 0.3) is 0 Å². The second-order valence-electron chi connectivity index (χ2n) is 4.30. The minimum atomic E-state index is -0.865. The van der Waals surface area contributed by atoms with E-state index < -0.39 is 11.9 Å². The van der Waals surface area contributed by atoms with Crippen LogP contribution in [0.1, 0.15) is 6.42 Å². The first-order chi connectivity index (χ1) is 8.99. The summed E-state index contributed by atoms with van der Waals surface area (Å²) in [5.74, 6) is -1.35. The molecule has 1 atom stereocenters. The average molecular weight is 348 g/mol. The molecule has 19 heavy (non-hydrogen) atoms. The molecule has 1 aromatic rings. The molecule has 1 aliphatic heterocycles. The SMILES string of the molecule is O=C(O)C1CCN(C(=O)Nc2cccc(Br)c2Cl)C1. The minimum absolute atomic E-state index is 0.229. The van der Waals surface area contributed by atoms with Crippen LogP contribution in [-0.4, -0.2) is 35.1 Å². The number of carboxylic acid groups (broad SMARTS) is 1. The number of halogens is 2. The number of likely N-dealkylation sites (tertiary alicyclic amines) is 1. The molecule has 102 valence electrons. The predicted molar refractivity (Wildman–Crippen MR) is 75.5 cm³/mol. The van der Waals surface area contributed by atoms with Gasteiger partial charge >= 0.3 is 12.0 Å². The first-order valence-corrected chi connectivity index (χ1v) is 6.89. The summed E-state index contributed by atoms with van der Waals surface area (Å²) in [4.78, 5) is 24.3. The lowest BCUT2D eigenvalue weighted by Gasteiger charge is -2.17. The topological polar surface area (TPSA) is 69.6 Å². The quantitative estimate of drug-likeness (QED) is 0.864. The predicted octanol–water partition coefficient (Wildman–Crippen LogP) is 3.04. The number of benzene rings is 1. The Labute approximate surface area is 123 Å². The van der Waals surface area contributed by atoms with Gasteiger partial charge in [-0.3, -0.25) is 4.79 Å². The number of carboxylic acids is 1. The van der Waals surface area contributed by atoms with Crippen LogP contribution in [-0.2, 0) is 4.79 Å². The van der Waals surface area contributed by atoms with E-state index in [1.807, 2.05) is 0 Å². The number of amides is 2. The number of rotatable bonds is 2. The molecule has 0 radical (unpaired) electrons. The summed E-state index contributed by atoms with van der Waals surface area (Å²) in [6.07, 6.45) is 0.481. The lowest BCUT2D eigenvalue weighted by atomic mass is 10.1. The van der Waals surface area contributed by atoms with Crippen LogP contribution in [0.4, 0.5) is 10.5 Å². The Bertz CT molecular complexity index is 524. The summed E-state index contributed by atoms with van der Waals surface area (Å²) in [5, 5.41) is 12.0. The molecule has 1 aliphatic rings. The van der Waals surface area contributed by atoms with Crippen LogP contribution < -0.4 is 5.32 Å². The zero-order chi connectivity index (χ0) is 14.0.